The minimum Gasteiger partial charge on any atom is -0.355 e. The van der Waals surface area contributed by atoms with Gasteiger partial charge in [-0.1, -0.05) is 12.1 Å². The van der Waals surface area contributed by atoms with E-state index in [0.29, 0.717) is 17.9 Å². The number of piperidine rings is 1. The first-order chi connectivity index (χ1) is 16.2. The van der Waals surface area contributed by atoms with Gasteiger partial charge in [-0.05, 0) is 43.0 Å². The third kappa shape index (κ3) is 3.86. The van der Waals surface area contributed by atoms with Crippen molar-refractivity contribution in [2.45, 2.75) is 31.1 Å². The van der Waals surface area contributed by atoms with Crippen LogP contribution < -0.4 is 4.90 Å². The van der Waals surface area contributed by atoms with E-state index in [1.165, 1.54) is 30.6 Å². The van der Waals surface area contributed by atoms with Crippen LogP contribution in [0.4, 0.5) is 23.4 Å². The molecule has 3 atom stereocenters. The molecule has 0 spiro atoms. The second kappa shape index (κ2) is 8.34. The van der Waals surface area contributed by atoms with E-state index in [1.807, 2.05) is 4.90 Å². The molecule has 2 aliphatic rings. The van der Waals surface area contributed by atoms with Gasteiger partial charge in [0.1, 0.15) is 11.6 Å². The Morgan fingerprint density at radius 1 is 1.06 bits per heavy atom. The summed E-state index contributed by atoms with van der Waals surface area (Å²) in [4.78, 5) is 29.4. The second-order valence-electron chi connectivity index (χ2n) is 8.68. The van der Waals surface area contributed by atoms with Crippen molar-refractivity contribution in [3.05, 3.63) is 71.9 Å². The van der Waals surface area contributed by atoms with Crippen LogP contribution in [0.15, 0.2) is 55.0 Å². The van der Waals surface area contributed by atoms with Crippen molar-refractivity contribution in [3.63, 3.8) is 0 Å². The average Bonchev–Trinajstić information content (AvgIpc) is 3.44. The molecule has 2 bridgehead atoms. The number of anilines is 1. The molecule has 3 heterocycles. The fraction of sp³-hybridized carbons (Fsp3) is 0.333. The molecule has 0 radical (unpaired) electrons. The molecule has 2 aromatic heterocycles. The highest BCUT2D eigenvalue weighted by molar-refractivity contribution is 6.01. The van der Waals surface area contributed by atoms with Crippen LogP contribution in [-0.4, -0.2) is 51.4 Å². The van der Waals surface area contributed by atoms with E-state index in [-0.39, 0.29) is 29.4 Å². The van der Waals surface area contributed by atoms with Crippen LogP contribution in [0.3, 0.4) is 0 Å². The van der Waals surface area contributed by atoms with Gasteiger partial charge in [-0.3, -0.25) is 4.79 Å². The largest absolute Gasteiger partial charge is 0.417 e. The number of hydrogen-bond acceptors (Lipinski definition) is 5. The van der Waals surface area contributed by atoms with Crippen LogP contribution in [0.2, 0.25) is 0 Å². The minimum absolute atomic E-state index is 0.0738. The quantitative estimate of drug-likeness (QED) is 0.527. The minimum atomic E-state index is -4.46. The van der Waals surface area contributed by atoms with Crippen molar-refractivity contribution in [1.82, 2.24) is 19.9 Å². The average molecular weight is 471 g/mol. The zero-order valence-corrected chi connectivity index (χ0v) is 18.2. The number of amides is 1. The predicted octanol–water partition coefficient (Wildman–Crippen LogP) is 4.44. The Bertz CT molecular complexity index is 1200. The van der Waals surface area contributed by atoms with Gasteiger partial charge in [0.2, 0.25) is 0 Å². The fourth-order valence-corrected chi connectivity index (χ4v) is 5.08. The van der Waals surface area contributed by atoms with Gasteiger partial charge in [0.25, 0.3) is 5.91 Å². The number of likely N-dealkylation sites (N-methyl/N-ethyl adjacent to an activating group) is 1. The van der Waals surface area contributed by atoms with Gasteiger partial charge in [-0.2, -0.15) is 13.2 Å². The molecule has 1 saturated carbocycles. The molecule has 6 nitrogen and oxygen atoms in total. The first-order valence-corrected chi connectivity index (χ1v) is 10.9. The summed E-state index contributed by atoms with van der Waals surface area (Å²) in [6, 6.07) is 7.99. The molecule has 34 heavy (non-hydrogen) atoms. The molecule has 0 N–H and O–H groups in total. The van der Waals surface area contributed by atoms with Crippen LogP contribution in [0.1, 0.15) is 28.8 Å². The van der Waals surface area contributed by atoms with E-state index >= 15 is 0 Å². The van der Waals surface area contributed by atoms with E-state index < -0.39 is 23.5 Å². The normalized spacial score (nSPS) is 21.7. The van der Waals surface area contributed by atoms with Gasteiger partial charge < -0.3 is 9.80 Å². The zero-order valence-electron chi connectivity index (χ0n) is 18.2. The molecule has 3 aromatic rings. The van der Waals surface area contributed by atoms with E-state index in [0.717, 1.165) is 25.1 Å². The fourth-order valence-electron chi connectivity index (χ4n) is 5.08. The molecular formula is C24H21F4N5O. The number of fused-ring (bicyclic) bond motifs is 2. The Kier molecular flexibility index (Phi) is 5.45. The summed E-state index contributed by atoms with van der Waals surface area (Å²) in [5.74, 6) is -0.211. The first-order valence-electron chi connectivity index (χ1n) is 10.9. The number of hydrogen-bond donors (Lipinski definition) is 0. The highest BCUT2D eigenvalue weighted by Crippen LogP contribution is 2.42. The van der Waals surface area contributed by atoms with Crippen LogP contribution in [-0.2, 0) is 6.18 Å². The molecule has 1 saturated heterocycles. The van der Waals surface area contributed by atoms with Crippen LogP contribution >= 0.6 is 0 Å². The molecule has 2 unspecified atom stereocenters. The van der Waals surface area contributed by atoms with Crippen molar-refractivity contribution in [1.29, 1.82) is 0 Å². The van der Waals surface area contributed by atoms with Crippen molar-refractivity contribution in [2.24, 2.45) is 5.92 Å². The smallest absolute Gasteiger partial charge is 0.355 e. The Morgan fingerprint density at radius 2 is 1.82 bits per heavy atom. The standard InChI is InChI=1S/C24H21F4N5O/c1-32(20-7-6-15(12-31-20)24(26,27)28)18-10-14-11-19(18)33(13-14)23(34)21-16(4-2-5-17(21)25)22-29-8-3-9-30-22/h2-9,12,14,18-19H,10-11,13H2,1H3/t14?,18-,19?/m0/s1. The lowest BCUT2D eigenvalue weighted by atomic mass is 10.0. The number of carbonyl (C=O) groups excluding carboxylic acids is 1. The Hall–Kier alpha value is -3.56. The topological polar surface area (TPSA) is 62.2 Å². The molecular weight excluding hydrogens is 450 g/mol. The number of pyridine rings is 1. The SMILES string of the molecule is CN(c1ccc(C(F)(F)F)cn1)[C@H]1CC2CC1N(C(=O)c1c(F)cccc1-c1ncccn1)C2. The third-order valence-electron chi connectivity index (χ3n) is 6.68. The number of benzene rings is 1. The van der Waals surface area contributed by atoms with Crippen molar-refractivity contribution < 1.29 is 22.4 Å². The maximum Gasteiger partial charge on any atom is 0.417 e. The van der Waals surface area contributed by atoms with Crippen LogP contribution in [0, 0.1) is 11.7 Å². The number of aromatic nitrogens is 3. The third-order valence-corrected chi connectivity index (χ3v) is 6.68. The summed E-state index contributed by atoms with van der Waals surface area (Å²) in [7, 11) is 1.76. The van der Waals surface area contributed by atoms with E-state index in [2.05, 4.69) is 15.0 Å². The Labute approximate surface area is 193 Å². The van der Waals surface area contributed by atoms with Gasteiger partial charge in [-0.25, -0.2) is 19.3 Å². The number of likely N-dealkylation sites (tertiary alicyclic amines) is 1. The number of nitrogens with zero attached hydrogens (tertiary/aromatic N) is 5. The summed E-state index contributed by atoms with van der Waals surface area (Å²) in [6.45, 7) is 0.498. The summed E-state index contributed by atoms with van der Waals surface area (Å²) >= 11 is 0. The van der Waals surface area contributed by atoms with E-state index in [9.17, 15) is 22.4 Å². The van der Waals surface area contributed by atoms with Gasteiger partial charge in [0.15, 0.2) is 5.82 Å². The second-order valence-corrected chi connectivity index (χ2v) is 8.68. The lowest BCUT2D eigenvalue weighted by molar-refractivity contribution is -0.137. The summed E-state index contributed by atoms with van der Waals surface area (Å²) in [6.07, 6.45) is 0.933. The molecule has 1 aliphatic carbocycles. The molecule has 1 amide bonds. The van der Waals surface area contributed by atoms with Crippen molar-refractivity contribution in [2.75, 3.05) is 18.5 Å². The van der Waals surface area contributed by atoms with Crippen molar-refractivity contribution in [3.8, 4) is 11.4 Å². The summed E-state index contributed by atoms with van der Waals surface area (Å²) < 4.78 is 53.6. The number of rotatable bonds is 4. The lowest BCUT2D eigenvalue weighted by Crippen LogP contribution is -2.51. The predicted molar refractivity (Wildman–Crippen MR) is 116 cm³/mol. The Balaban J connectivity index is 1.42. The van der Waals surface area contributed by atoms with E-state index in [1.54, 1.807) is 24.1 Å². The summed E-state index contributed by atoms with van der Waals surface area (Å²) in [5.41, 5.74) is -0.567. The van der Waals surface area contributed by atoms with Gasteiger partial charge >= 0.3 is 6.18 Å². The maximum absolute atomic E-state index is 14.9. The van der Waals surface area contributed by atoms with Crippen LogP contribution in [0.5, 0.6) is 0 Å². The first kappa shape index (κ1) is 22.2. The van der Waals surface area contributed by atoms with Gasteiger partial charge in [0.05, 0.1) is 23.2 Å². The molecule has 176 valence electrons. The highest BCUT2D eigenvalue weighted by atomic mass is 19.4. The lowest BCUT2D eigenvalue weighted by Gasteiger charge is -2.39. The molecule has 1 aliphatic heterocycles. The van der Waals surface area contributed by atoms with Crippen LogP contribution in [0.25, 0.3) is 11.4 Å². The van der Waals surface area contributed by atoms with Crippen molar-refractivity contribution >= 4 is 11.7 Å². The maximum atomic E-state index is 14.9. The monoisotopic (exact) mass is 471 g/mol. The Morgan fingerprint density at radius 3 is 2.47 bits per heavy atom. The summed E-state index contributed by atoms with van der Waals surface area (Å²) in [5, 5.41) is 0. The van der Waals surface area contributed by atoms with Gasteiger partial charge in [-0.15, -0.1) is 0 Å². The molecule has 1 aromatic carbocycles. The molecule has 2 fully saturated rings. The van der Waals surface area contributed by atoms with E-state index in [4.69, 9.17) is 0 Å². The highest BCUT2D eigenvalue weighted by Gasteiger charge is 2.49. The zero-order chi connectivity index (χ0) is 24.0. The van der Waals surface area contributed by atoms with Gasteiger partial charge in [0, 0.05) is 37.7 Å². The molecule has 10 heteroatoms. The number of carbonyl (C=O) groups is 1. The molecule has 5 rings (SSSR count). The number of halogens is 4. The number of alkyl halides is 3.